The average molecular weight is 192 g/mol. The Hall–Kier alpha value is -1.12. The van der Waals surface area contributed by atoms with Crippen molar-refractivity contribution < 1.29 is 4.79 Å². The minimum absolute atomic E-state index is 0.203. The van der Waals surface area contributed by atoms with Gasteiger partial charge in [-0.2, -0.15) is 0 Å². The SMILES string of the molecule is CC1(C)CCC(=O)CC1n1ccnc1. The van der Waals surface area contributed by atoms with E-state index in [1.807, 2.05) is 12.5 Å². The van der Waals surface area contributed by atoms with Crippen LogP contribution in [0.25, 0.3) is 0 Å². The van der Waals surface area contributed by atoms with Crippen LogP contribution < -0.4 is 0 Å². The summed E-state index contributed by atoms with van der Waals surface area (Å²) in [5.74, 6) is 0.378. The predicted molar refractivity (Wildman–Crippen MR) is 53.9 cm³/mol. The van der Waals surface area contributed by atoms with Crippen LogP contribution in [0.4, 0.5) is 0 Å². The summed E-state index contributed by atoms with van der Waals surface area (Å²) in [5.41, 5.74) is 0.203. The lowest BCUT2D eigenvalue weighted by molar-refractivity contribution is -0.123. The quantitative estimate of drug-likeness (QED) is 0.683. The largest absolute Gasteiger partial charge is 0.333 e. The third kappa shape index (κ3) is 1.59. The molecular weight excluding hydrogens is 176 g/mol. The third-order valence-corrected chi connectivity index (χ3v) is 3.26. The van der Waals surface area contributed by atoms with Crippen LogP contribution in [0.3, 0.4) is 0 Å². The molecule has 0 bridgehead atoms. The van der Waals surface area contributed by atoms with Crippen LogP contribution in [-0.2, 0) is 4.79 Å². The van der Waals surface area contributed by atoms with Gasteiger partial charge in [-0.15, -0.1) is 0 Å². The van der Waals surface area contributed by atoms with Gasteiger partial charge in [0.2, 0.25) is 0 Å². The van der Waals surface area contributed by atoms with E-state index in [0.29, 0.717) is 12.2 Å². The molecule has 1 aliphatic carbocycles. The van der Waals surface area contributed by atoms with Crippen LogP contribution >= 0.6 is 0 Å². The highest BCUT2D eigenvalue weighted by atomic mass is 16.1. The van der Waals surface area contributed by atoms with Crippen LogP contribution in [-0.4, -0.2) is 15.3 Å². The summed E-state index contributed by atoms with van der Waals surface area (Å²) >= 11 is 0. The second-order valence-electron chi connectivity index (χ2n) is 4.76. The van der Waals surface area contributed by atoms with E-state index in [1.165, 1.54) is 0 Å². The van der Waals surface area contributed by atoms with Gasteiger partial charge >= 0.3 is 0 Å². The molecule has 2 rings (SSSR count). The fraction of sp³-hybridized carbons (Fsp3) is 0.636. The molecule has 14 heavy (non-hydrogen) atoms. The zero-order valence-corrected chi connectivity index (χ0v) is 8.73. The molecular formula is C11H16N2O. The molecule has 0 amide bonds. The van der Waals surface area contributed by atoms with E-state index in [9.17, 15) is 4.79 Å². The standard InChI is InChI=1S/C11H16N2O/c1-11(2)4-3-9(14)7-10(11)13-6-5-12-8-13/h5-6,8,10H,3-4,7H2,1-2H3. The summed E-state index contributed by atoms with van der Waals surface area (Å²) in [4.78, 5) is 15.5. The van der Waals surface area contributed by atoms with Crippen LogP contribution in [0.1, 0.15) is 39.2 Å². The molecule has 1 unspecified atom stereocenters. The second-order valence-corrected chi connectivity index (χ2v) is 4.76. The number of hydrogen-bond donors (Lipinski definition) is 0. The van der Waals surface area contributed by atoms with Crippen LogP contribution in [0, 0.1) is 5.41 Å². The Bertz CT molecular complexity index is 327. The molecule has 1 saturated carbocycles. The summed E-state index contributed by atoms with van der Waals surface area (Å²) in [6.07, 6.45) is 7.90. The number of rotatable bonds is 1. The molecule has 1 heterocycles. The molecule has 0 N–H and O–H groups in total. The van der Waals surface area contributed by atoms with Crippen molar-refractivity contribution in [3.63, 3.8) is 0 Å². The van der Waals surface area contributed by atoms with Crippen molar-refractivity contribution in [2.24, 2.45) is 5.41 Å². The summed E-state index contributed by atoms with van der Waals surface area (Å²) in [6, 6.07) is 0.284. The molecule has 0 aliphatic heterocycles. The molecule has 1 aromatic rings. The highest BCUT2D eigenvalue weighted by Gasteiger charge is 2.36. The van der Waals surface area contributed by atoms with Gasteiger partial charge in [0.25, 0.3) is 0 Å². The van der Waals surface area contributed by atoms with Crippen LogP contribution in [0.2, 0.25) is 0 Å². The van der Waals surface area contributed by atoms with Gasteiger partial charge in [-0.05, 0) is 11.8 Å². The van der Waals surface area contributed by atoms with Crippen molar-refractivity contribution in [3.8, 4) is 0 Å². The number of hydrogen-bond acceptors (Lipinski definition) is 2. The molecule has 0 radical (unpaired) electrons. The van der Waals surface area contributed by atoms with Gasteiger partial charge < -0.3 is 4.57 Å². The molecule has 3 nitrogen and oxygen atoms in total. The van der Waals surface area contributed by atoms with Crippen molar-refractivity contribution >= 4 is 5.78 Å². The lowest BCUT2D eigenvalue weighted by Gasteiger charge is -2.38. The monoisotopic (exact) mass is 192 g/mol. The average Bonchev–Trinajstić information content (AvgIpc) is 2.62. The Balaban J connectivity index is 2.27. The summed E-state index contributed by atoms with van der Waals surface area (Å²) in [6.45, 7) is 4.45. The first-order chi connectivity index (χ1) is 6.59. The van der Waals surface area contributed by atoms with E-state index in [4.69, 9.17) is 0 Å². The number of nitrogens with zero attached hydrogens (tertiary/aromatic N) is 2. The van der Waals surface area contributed by atoms with Crippen molar-refractivity contribution in [3.05, 3.63) is 18.7 Å². The lowest BCUT2D eigenvalue weighted by atomic mass is 9.73. The predicted octanol–water partition coefficient (Wildman–Crippen LogP) is 2.20. The Morgan fingerprint density at radius 2 is 2.36 bits per heavy atom. The maximum absolute atomic E-state index is 11.4. The smallest absolute Gasteiger partial charge is 0.135 e. The summed E-state index contributed by atoms with van der Waals surface area (Å²) in [7, 11) is 0. The molecule has 0 saturated heterocycles. The second kappa shape index (κ2) is 3.23. The molecule has 3 heteroatoms. The zero-order valence-electron chi connectivity index (χ0n) is 8.73. The fourth-order valence-electron chi connectivity index (χ4n) is 2.18. The first kappa shape index (κ1) is 9.44. The van der Waals surface area contributed by atoms with Crippen LogP contribution in [0.5, 0.6) is 0 Å². The number of Topliss-reactive ketones (excluding diaryl/α,β-unsaturated/α-hetero) is 1. The molecule has 1 fully saturated rings. The molecule has 1 aromatic heterocycles. The van der Waals surface area contributed by atoms with Gasteiger partial charge in [0, 0.05) is 31.3 Å². The number of carbonyl (C=O) groups is 1. The maximum atomic E-state index is 11.4. The first-order valence-electron chi connectivity index (χ1n) is 5.09. The van der Waals surface area contributed by atoms with Crippen molar-refractivity contribution in [2.45, 2.75) is 39.2 Å². The van der Waals surface area contributed by atoms with E-state index in [-0.39, 0.29) is 11.5 Å². The van der Waals surface area contributed by atoms with Crippen LogP contribution in [0.15, 0.2) is 18.7 Å². The number of carbonyl (C=O) groups excluding carboxylic acids is 1. The van der Waals surface area contributed by atoms with Gasteiger partial charge in [0.15, 0.2) is 0 Å². The van der Waals surface area contributed by atoms with Gasteiger partial charge in [-0.1, -0.05) is 13.8 Å². The van der Waals surface area contributed by atoms with Gasteiger partial charge in [0.05, 0.1) is 6.33 Å². The fourth-order valence-corrected chi connectivity index (χ4v) is 2.18. The summed E-state index contributed by atoms with van der Waals surface area (Å²) < 4.78 is 2.07. The number of imidazole rings is 1. The van der Waals surface area contributed by atoms with Gasteiger partial charge in [0.1, 0.15) is 5.78 Å². The van der Waals surface area contributed by atoms with E-state index in [2.05, 4.69) is 23.4 Å². The van der Waals surface area contributed by atoms with E-state index < -0.39 is 0 Å². The van der Waals surface area contributed by atoms with Crippen molar-refractivity contribution in [1.82, 2.24) is 9.55 Å². The maximum Gasteiger partial charge on any atom is 0.135 e. The number of ketones is 1. The van der Waals surface area contributed by atoms with Gasteiger partial charge in [-0.3, -0.25) is 4.79 Å². The van der Waals surface area contributed by atoms with E-state index in [0.717, 1.165) is 12.8 Å². The molecule has 0 aromatic carbocycles. The van der Waals surface area contributed by atoms with Gasteiger partial charge in [-0.25, -0.2) is 4.98 Å². The van der Waals surface area contributed by atoms with Crippen molar-refractivity contribution in [2.75, 3.05) is 0 Å². The van der Waals surface area contributed by atoms with Crippen molar-refractivity contribution in [1.29, 1.82) is 0 Å². The zero-order chi connectivity index (χ0) is 10.2. The molecule has 0 spiro atoms. The summed E-state index contributed by atoms with van der Waals surface area (Å²) in [5, 5.41) is 0. The highest BCUT2D eigenvalue weighted by Crippen LogP contribution is 2.42. The Labute approximate surface area is 84.1 Å². The lowest BCUT2D eigenvalue weighted by Crippen LogP contribution is -2.33. The Kier molecular flexibility index (Phi) is 2.17. The van der Waals surface area contributed by atoms with E-state index in [1.54, 1.807) is 6.20 Å². The minimum atomic E-state index is 0.203. The minimum Gasteiger partial charge on any atom is -0.333 e. The first-order valence-corrected chi connectivity index (χ1v) is 5.09. The molecule has 76 valence electrons. The normalized spacial score (nSPS) is 26.4. The third-order valence-electron chi connectivity index (χ3n) is 3.26. The Morgan fingerprint density at radius 1 is 1.57 bits per heavy atom. The topological polar surface area (TPSA) is 34.9 Å². The number of aromatic nitrogens is 2. The van der Waals surface area contributed by atoms with E-state index >= 15 is 0 Å². The molecule has 1 aliphatic rings. The Morgan fingerprint density at radius 3 is 3.00 bits per heavy atom. The highest BCUT2D eigenvalue weighted by molar-refractivity contribution is 5.79. The molecule has 1 atom stereocenters.